The van der Waals surface area contributed by atoms with Crippen molar-refractivity contribution in [2.75, 3.05) is 18.0 Å². The van der Waals surface area contributed by atoms with Gasteiger partial charge in [0.2, 0.25) is 5.95 Å². The molecule has 4 rings (SSSR count). The second kappa shape index (κ2) is 5.54. The van der Waals surface area contributed by atoms with Crippen LogP contribution in [0.2, 0.25) is 0 Å². The first kappa shape index (κ1) is 14.0. The molecule has 1 aromatic heterocycles. The van der Waals surface area contributed by atoms with Crippen molar-refractivity contribution in [2.45, 2.75) is 25.0 Å². The summed E-state index contributed by atoms with van der Waals surface area (Å²) in [5.74, 6) is 1.15. The number of non-ortho nitro benzene ring substituents is 1. The van der Waals surface area contributed by atoms with E-state index >= 15 is 0 Å². The molecule has 2 saturated heterocycles. The van der Waals surface area contributed by atoms with E-state index in [4.69, 9.17) is 4.74 Å². The molecule has 23 heavy (non-hydrogen) atoms. The Morgan fingerprint density at radius 1 is 1.13 bits per heavy atom. The monoisotopic (exact) mass is 313 g/mol. The number of fused-ring (bicyclic) bond motifs is 2. The number of nitro groups is 1. The maximum absolute atomic E-state index is 10.7. The number of aromatic nitrogens is 3. The Kier molecular flexibility index (Phi) is 3.38. The second-order valence-electron chi connectivity index (χ2n) is 5.78. The van der Waals surface area contributed by atoms with Crippen molar-refractivity contribution in [1.82, 2.24) is 15.0 Å². The van der Waals surface area contributed by atoms with Gasteiger partial charge in [-0.15, -0.1) is 0 Å². The quantitative estimate of drug-likeness (QED) is 0.630. The predicted octanol–water partition coefficient (Wildman–Crippen LogP) is 1.81. The average Bonchev–Trinajstić information content (AvgIpc) is 2.93. The van der Waals surface area contributed by atoms with Crippen LogP contribution in [0.15, 0.2) is 30.6 Å². The summed E-state index contributed by atoms with van der Waals surface area (Å²) in [6, 6.07) is 6.21. The van der Waals surface area contributed by atoms with Crippen LogP contribution >= 0.6 is 0 Å². The van der Waals surface area contributed by atoms with Crippen LogP contribution in [-0.2, 0) is 4.74 Å². The Labute approximate surface area is 132 Å². The van der Waals surface area contributed by atoms with E-state index < -0.39 is 4.92 Å². The molecule has 8 heteroatoms. The zero-order valence-corrected chi connectivity index (χ0v) is 12.3. The number of ether oxygens (including phenoxy) is 1. The second-order valence-corrected chi connectivity index (χ2v) is 5.78. The van der Waals surface area contributed by atoms with Crippen molar-refractivity contribution >= 4 is 11.6 Å². The molecule has 2 atom stereocenters. The van der Waals surface area contributed by atoms with Gasteiger partial charge in [0.25, 0.3) is 5.69 Å². The standard InChI is InChI=1S/C15H15N5O3/c21-20(22)11-3-1-10(2-4-11)14-16-9-17-15(18-14)19-7-12-5-6-13(8-19)23-12/h1-4,9,12-13H,5-8H2. The molecule has 0 amide bonds. The molecule has 8 nitrogen and oxygen atoms in total. The topological polar surface area (TPSA) is 94.3 Å². The number of rotatable bonds is 3. The summed E-state index contributed by atoms with van der Waals surface area (Å²) in [4.78, 5) is 25.4. The van der Waals surface area contributed by atoms with Gasteiger partial charge >= 0.3 is 0 Å². The van der Waals surface area contributed by atoms with E-state index in [1.54, 1.807) is 12.1 Å². The molecule has 2 unspecified atom stereocenters. The molecule has 2 aliphatic rings. The van der Waals surface area contributed by atoms with Gasteiger partial charge in [-0.25, -0.2) is 9.97 Å². The molecule has 2 aromatic rings. The fourth-order valence-corrected chi connectivity index (χ4v) is 3.09. The predicted molar refractivity (Wildman–Crippen MR) is 82.0 cm³/mol. The molecule has 2 bridgehead atoms. The zero-order valence-electron chi connectivity index (χ0n) is 12.3. The van der Waals surface area contributed by atoms with Crippen molar-refractivity contribution in [1.29, 1.82) is 0 Å². The van der Waals surface area contributed by atoms with Gasteiger partial charge in [-0.05, 0) is 25.0 Å². The summed E-state index contributed by atoms with van der Waals surface area (Å²) in [5.41, 5.74) is 0.781. The number of benzene rings is 1. The molecule has 0 N–H and O–H groups in total. The van der Waals surface area contributed by atoms with Crippen LogP contribution in [-0.4, -0.2) is 45.2 Å². The van der Waals surface area contributed by atoms with E-state index in [1.807, 2.05) is 0 Å². The Balaban J connectivity index is 1.59. The highest BCUT2D eigenvalue weighted by molar-refractivity contribution is 5.58. The largest absolute Gasteiger partial charge is 0.371 e. The van der Waals surface area contributed by atoms with Crippen LogP contribution in [0.3, 0.4) is 0 Å². The van der Waals surface area contributed by atoms with Crippen LogP contribution < -0.4 is 4.90 Å². The summed E-state index contributed by atoms with van der Waals surface area (Å²) in [6.07, 6.45) is 4.17. The van der Waals surface area contributed by atoms with E-state index in [2.05, 4.69) is 19.9 Å². The lowest BCUT2D eigenvalue weighted by Crippen LogP contribution is -2.43. The number of anilines is 1. The molecule has 0 spiro atoms. The lowest BCUT2D eigenvalue weighted by Gasteiger charge is -2.32. The van der Waals surface area contributed by atoms with E-state index in [-0.39, 0.29) is 17.9 Å². The molecule has 0 aliphatic carbocycles. The van der Waals surface area contributed by atoms with Crippen LogP contribution in [0.25, 0.3) is 11.4 Å². The summed E-state index contributed by atoms with van der Waals surface area (Å²) < 4.78 is 5.82. The number of nitro benzene ring substituents is 1. The van der Waals surface area contributed by atoms with E-state index in [9.17, 15) is 10.1 Å². The van der Waals surface area contributed by atoms with Crippen molar-refractivity contribution in [2.24, 2.45) is 0 Å². The van der Waals surface area contributed by atoms with Gasteiger partial charge in [0.05, 0.1) is 17.1 Å². The van der Waals surface area contributed by atoms with Crippen molar-refractivity contribution < 1.29 is 9.66 Å². The third kappa shape index (κ3) is 2.72. The Hall–Kier alpha value is -2.61. The third-order valence-corrected chi connectivity index (χ3v) is 4.22. The Morgan fingerprint density at radius 2 is 1.83 bits per heavy atom. The fourth-order valence-electron chi connectivity index (χ4n) is 3.09. The Bertz CT molecular complexity index is 724. The first-order valence-corrected chi connectivity index (χ1v) is 7.53. The van der Waals surface area contributed by atoms with Gasteiger partial charge in [-0.3, -0.25) is 10.1 Å². The smallest absolute Gasteiger partial charge is 0.269 e. The first-order valence-electron chi connectivity index (χ1n) is 7.53. The fraction of sp³-hybridized carbons (Fsp3) is 0.400. The zero-order chi connectivity index (χ0) is 15.8. The van der Waals surface area contributed by atoms with Crippen LogP contribution in [0, 0.1) is 10.1 Å². The molecular formula is C15H15N5O3. The van der Waals surface area contributed by atoms with Crippen molar-refractivity contribution in [3.63, 3.8) is 0 Å². The van der Waals surface area contributed by atoms with Gasteiger partial charge in [0, 0.05) is 30.8 Å². The molecule has 118 valence electrons. The molecule has 1 aromatic carbocycles. The van der Waals surface area contributed by atoms with Crippen molar-refractivity contribution in [3.05, 3.63) is 40.7 Å². The van der Waals surface area contributed by atoms with Crippen molar-refractivity contribution in [3.8, 4) is 11.4 Å². The Morgan fingerprint density at radius 3 is 2.48 bits per heavy atom. The normalized spacial score (nSPS) is 23.0. The van der Waals surface area contributed by atoms with Gasteiger partial charge in [-0.2, -0.15) is 4.98 Å². The molecule has 2 fully saturated rings. The number of hydrogen-bond donors (Lipinski definition) is 0. The minimum atomic E-state index is -0.424. The number of hydrogen-bond acceptors (Lipinski definition) is 7. The van der Waals surface area contributed by atoms with E-state index in [1.165, 1.54) is 18.5 Å². The SMILES string of the molecule is O=[N+]([O-])c1ccc(-c2ncnc(N3CC4CCC(C3)O4)n2)cc1. The molecular weight excluding hydrogens is 298 g/mol. The van der Waals surface area contributed by atoms with Crippen LogP contribution in [0.1, 0.15) is 12.8 Å². The maximum Gasteiger partial charge on any atom is 0.269 e. The number of morpholine rings is 1. The van der Waals surface area contributed by atoms with Gasteiger partial charge in [-0.1, -0.05) is 0 Å². The first-order chi connectivity index (χ1) is 11.2. The summed E-state index contributed by atoms with van der Waals surface area (Å²) in [5, 5.41) is 10.7. The van der Waals surface area contributed by atoms with Gasteiger partial charge < -0.3 is 9.64 Å². The highest BCUT2D eigenvalue weighted by atomic mass is 16.6. The summed E-state index contributed by atoms with van der Waals surface area (Å²) in [6.45, 7) is 1.58. The summed E-state index contributed by atoms with van der Waals surface area (Å²) >= 11 is 0. The van der Waals surface area contributed by atoms with E-state index in [0.29, 0.717) is 11.8 Å². The molecule has 3 heterocycles. The van der Waals surface area contributed by atoms with Crippen LogP contribution in [0.4, 0.5) is 11.6 Å². The lowest BCUT2D eigenvalue weighted by atomic mass is 10.2. The molecule has 2 aliphatic heterocycles. The third-order valence-electron chi connectivity index (χ3n) is 4.22. The highest BCUT2D eigenvalue weighted by Gasteiger charge is 2.34. The average molecular weight is 313 g/mol. The van der Waals surface area contributed by atoms with Gasteiger partial charge in [0.1, 0.15) is 6.33 Å². The minimum absolute atomic E-state index is 0.0489. The van der Waals surface area contributed by atoms with Crippen LogP contribution in [0.5, 0.6) is 0 Å². The highest BCUT2D eigenvalue weighted by Crippen LogP contribution is 2.28. The number of nitrogens with zero attached hydrogens (tertiary/aromatic N) is 5. The molecule has 0 radical (unpaired) electrons. The summed E-state index contributed by atoms with van der Waals surface area (Å²) in [7, 11) is 0. The maximum atomic E-state index is 10.7. The minimum Gasteiger partial charge on any atom is -0.371 e. The molecule has 0 saturated carbocycles. The lowest BCUT2D eigenvalue weighted by molar-refractivity contribution is -0.384. The van der Waals surface area contributed by atoms with Gasteiger partial charge in [0.15, 0.2) is 5.82 Å². The van der Waals surface area contributed by atoms with E-state index in [0.717, 1.165) is 31.5 Å².